The van der Waals surface area contributed by atoms with Crippen molar-refractivity contribution in [3.63, 3.8) is 0 Å². The van der Waals surface area contributed by atoms with Gasteiger partial charge in [0, 0.05) is 12.6 Å². The molecular weight excluding hydrogens is 302 g/mol. The maximum Gasteiger partial charge on any atom is 0.148 e. The summed E-state index contributed by atoms with van der Waals surface area (Å²) in [6.07, 6.45) is 8.03. The SMILES string of the molecule is CCN(c1ncnc(Cl)c1Br)C1CCCCC1. The fourth-order valence-corrected chi connectivity index (χ4v) is 3.07. The first-order chi connectivity index (χ1) is 8.24. The van der Waals surface area contributed by atoms with Crippen LogP contribution in [0.4, 0.5) is 5.82 Å². The largest absolute Gasteiger partial charge is 0.353 e. The normalized spacial score (nSPS) is 17.1. The van der Waals surface area contributed by atoms with E-state index in [0.29, 0.717) is 11.2 Å². The van der Waals surface area contributed by atoms with E-state index in [1.165, 1.54) is 38.4 Å². The van der Waals surface area contributed by atoms with Gasteiger partial charge in [0.1, 0.15) is 17.3 Å². The Balaban J connectivity index is 2.24. The summed E-state index contributed by atoms with van der Waals surface area (Å²) in [6.45, 7) is 3.12. The van der Waals surface area contributed by atoms with Gasteiger partial charge in [0.05, 0.1) is 4.47 Å². The molecule has 0 atom stereocenters. The first-order valence-corrected chi connectivity index (χ1v) is 7.33. The lowest BCUT2D eigenvalue weighted by Gasteiger charge is -2.34. The van der Waals surface area contributed by atoms with E-state index >= 15 is 0 Å². The summed E-state index contributed by atoms with van der Waals surface area (Å²) in [7, 11) is 0. The minimum absolute atomic E-state index is 0.490. The van der Waals surface area contributed by atoms with Crippen LogP contribution in [-0.4, -0.2) is 22.6 Å². The number of anilines is 1. The molecule has 2 rings (SSSR count). The van der Waals surface area contributed by atoms with Gasteiger partial charge in [-0.1, -0.05) is 30.9 Å². The summed E-state index contributed by atoms with van der Waals surface area (Å²) in [5.41, 5.74) is 0. The molecule has 0 aromatic carbocycles. The molecule has 17 heavy (non-hydrogen) atoms. The van der Waals surface area contributed by atoms with Gasteiger partial charge in [-0.15, -0.1) is 0 Å². The van der Waals surface area contributed by atoms with Crippen molar-refractivity contribution in [1.82, 2.24) is 9.97 Å². The lowest BCUT2D eigenvalue weighted by Crippen LogP contribution is -2.37. The molecule has 0 N–H and O–H groups in total. The number of hydrogen-bond donors (Lipinski definition) is 0. The minimum Gasteiger partial charge on any atom is -0.353 e. The molecule has 1 fully saturated rings. The number of rotatable bonds is 3. The number of nitrogens with zero attached hydrogens (tertiary/aromatic N) is 3. The highest BCUT2D eigenvalue weighted by Gasteiger charge is 2.23. The first-order valence-electron chi connectivity index (χ1n) is 6.16. The van der Waals surface area contributed by atoms with E-state index in [1.807, 2.05) is 0 Å². The van der Waals surface area contributed by atoms with Crippen molar-refractivity contribution >= 4 is 33.3 Å². The molecule has 94 valence electrons. The van der Waals surface area contributed by atoms with Gasteiger partial charge in [-0.25, -0.2) is 9.97 Å². The molecule has 5 heteroatoms. The van der Waals surface area contributed by atoms with Crippen LogP contribution in [-0.2, 0) is 0 Å². The van der Waals surface area contributed by atoms with Gasteiger partial charge in [-0.3, -0.25) is 0 Å². The van der Waals surface area contributed by atoms with Crippen molar-refractivity contribution in [2.45, 2.75) is 45.1 Å². The lowest BCUT2D eigenvalue weighted by molar-refractivity contribution is 0.416. The quantitative estimate of drug-likeness (QED) is 0.787. The van der Waals surface area contributed by atoms with Crippen LogP contribution in [0, 0.1) is 0 Å². The predicted octanol–water partition coefficient (Wildman–Crippen LogP) is 4.05. The van der Waals surface area contributed by atoms with Crippen LogP contribution in [0.3, 0.4) is 0 Å². The molecule has 1 aliphatic rings. The van der Waals surface area contributed by atoms with Gasteiger partial charge in [0.25, 0.3) is 0 Å². The van der Waals surface area contributed by atoms with E-state index in [0.717, 1.165) is 16.8 Å². The molecule has 1 saturated carbocycles. The highest BCUT2D eigenvalue weighted by atomic mass is 79.9. The molecule has 0 radical (unpaired) electrons. The third kappa shape index (κ3) is 2.91. The van der Waals surface area contributed by atoms with Crippen LogP contribution in [0.1, 0.15) is 39.0 Å². The first kappa shape index (κ1) is 13.1. The van der Waals surface area contributed by atoms with Gasteiger partial charge < -0.3 is 4.90 Å². The fourth-order valence-electron chi connectivity index (χ4n) is 2.51. The van der Waals surface area contributed by atoms with E-state index in [2.05, 4.69) is 37.7 Å². The van der Waals surface area contributed by atoms with Crippen molar-refractivity contribution < 1.29 is 0 Å². The van der Waals surface area contributed by atoms with E-state index in [-0.39, 0.29) is 0 Å². The van der Waals surface area contributed by atoms with Crippen LogP contribution in [0.25, 0.3) is 0 Å². The molecule has 0 bridgehead atoms. The molecule has 0 saturated heterocycles. The third-order valence-corrected chi connectivity index (χ3v) is 4.60. The van der Waals surface area contributed by atoms with E-state index in [4.69, 9.17) is 11.6 Å². The average Bonchev–Trinajstić information content (AvgIpc) is 2.37. The van der Waals surface area contributed by atoms with Crippen LogP contribution in [0.5, 0.6) is 0 Å². The zero-order valence-electron chi connectivity index (χ0n) is 9.99. The zero-order chi connectivity index (χ0) is 12.3. The highest BCUT2D eigenvalue weighted by Crippen LogP contribution is 2.33. The second kappa shape index (κ2) is 6.01. The smallest absolute Gasteiger partial charge is 0.148 e. The Bertz CT molecular complexity index is 380. The Kier molecular flexibility index (Phi) is 4.62. The van der Waals surface area contributed by atoms with E-state index in [1.54, 1.807) is 0 Å². The molecular formula is C12H17BrClN3. The lowest BCUT2D eigenvalue weighted by atomic mass is 9.94. The average molecular weight is 319 g/mol. The van der Waals surface area contributed by atoms with Crippen LogP contribution in [0.15, 0.2) is 10.8 Å². The Labute approximate surface area is 116 Å². The summed E-state index contributed by atoms with van der Waals surface area (Å²) in [5, 5.41) is 0.490. The predicted molar refractivity (Wildman–Crippen MR) is 74.6 cm³/mol. The molecule has 1 aliphatic carbocycles. The number of aromatic nitrogens is 2. The van der Waals surface area contributed by atoms with Crippen LogP contribution in [0.2, 0.25) is 5.15 Å². The van der Waals surface area contributed by atoms with E-state index in [9.17, 15) is 0 Å². The Morgan fingerprint density at radius 1 is 1.35 bits per heavy atom. The van der Waals surface area contributed by atoms with Crippen molar-refractivity contribution in [1.29, 1.82) is 0 Å². The standard InChI is InChI=1S/C12H17BrClN3/c1-2-17(9-6-4-3-5-7-9)12-10(13)11(14)15-8-16-12/h8-9H,2-7H2,1H3. The second-order valence-corrected chi connectivity index (χ2v) is 5.53. The molecule has 1 aromatic heterocycles. The summed E-state index contributed by atoms with van der Waals surface area (Å²) >= 11 is 9.52. The molecule has 0 unspecified atom stereocenters. The monoisotopic (exact) mass is 317 g/mol. The molecule has 0 aliphatic heterocycles. The van der Waals surface area contributed by atoms with Crippen molar-refractivity contribution in [3.05, 3.63) is 16.0 Å². The van der Waals surface area contributed by atoms with Gasteiger partial charge in [-0.2, -0.15) is 0 Å². The molecule has 1 aromatic rings. The molecule has 0 spiro atoms. The van der Waals surface area contributed by atoms with Crippen molar-refractivity contribution in [2.75, 3.05) is 11.4 Å². The molecule has 0 amide bonds. The van der Waals surface area contributed by atoms with Crippen molar-refractivity contribution in [3.8, 4) is 0 Å². The van der Waals surface area contributed by atoms with Crippen LogP contribution >= 0.6 is 27.5 Å². The fraction of sp³-hybridized carbons (Fsp3) is 0.667. The van der Waals surface area contributed by atoms with Crippen molar-refractivity contribution in [2.24, 2.45) is 0 Å². The Hall–Kier alpha value is -0.350. The molecule has 3 nitrogen and oxygen atoms in total. The Morgan fingerprint density at radius 3 is 2.71 bits per heavy atom. The summed E-state index contributed by atoms with van der Waals surface area (Å²) < 4.78 is 0.814. The maximum absolute atomic E-state index is 6.03. The Morgan fingerprint density at radius 2 is 2.06 bits per heavy atom. The summed E-state index contributed by atoms with van der Waals surface area (Å²) in [6, 6.07) is 0.594. The van der Waals surface area contributed by atoms with Gasteiger partial charge in [0.2, 0.25) is 0 Å². The topological polar surface area (TPSA) is 29.0 Å². The van der Waals surface area contributed by atoms with Gasteiger partial charge >= 0.3 is 0 Å². The second-order valence-electron chi connectivity index (χ2n) is 4.38. The van der Waals surface area contributed by atoms with Crippen LogP contribution < -0.4 is 4.90 Å². The minimum atomic E-state index is 0.490. The molecule has 1 heterocycles. The number of hydrogen-bond acceptors (Lipinski definition) is 3. The maximum atomic E-state index is 6.03. The summed E-state index contributed by atoms with van der Waals surface area (Å²) in [5.74, 6) is 0.930. The summed E-state index contributed by atoms with van der Waals surface area (Å²) in [4.78, 5) is 10.7. The van der Waals surface area contributed by atoms with Gasteiger partial charge in [-0.05, 0) is 35.7 Å². The van der Waals surface area contributed by atoms with Gasteiger partial charge in [0.15, 0.2) is 0 Å². The zero-order valence-corrected chi connectivity index (χ0v) is 12.3. The third-order valence-electron chi connectivity index (χ3n) is 3.36. The van der Waals surface area contributed by atoms with E-state index < -0.39 is 0 Å². The highest BCUT2D eigenvalue weighted by molar-refractivity contribution is 9.10. The number of halogens is 2.